The molecule has 3 nitrogen and oxygen atoms in total. The van der Waals surface area contributed by atoms with Crippen molar-refractivity contribution < 1.29 is 14.3 Å². The van der Waals surface area contributed by atoms with Crippen LogP contribution in [0.3, 0.4) is 0 Å². The van der Waals surface area contributed by atoms with Crippen LogP contribution in [0, 0.1) is 11.8 Å². The molecular formula is C17H20O3. The molecule has 1 aromatic carbocycles. The zero-order valence-corrected chi connectivity index (χ0v) is 12.0. The molecule has 0 heterocycles. The first-order valence-electron chi connectivity index (χ1n) is 6.59. The smallest absolute Gasteiger partial charge is 0.158 e. The number of benzene rings is 1. The van der Waals surface area contributed by atoms with E-state index in [0.717, 1.165) is 43.5 Å². The quantitative estimate of drug-likeness (QED) is 0.331. The summed E-state index contributed by atoms with van der Waals surface area (Å²) in [6.07, 6.45) is 5.30. The van der Waals surface area contributed by atoms with Crippen molar-refractivity contribution in [2.75, 3.05) is 20.8 Å². The first-order valence-corrected chi connectivity index (χ1v) is 6.59. The molecule has 0 bridgehead atoms. The number of hydrogen-bond donors (Lipinski definition) is 0. The molecule has 1 aromatic rings. The number of hydrogen-bond acceptors (Lipinski definition) is 3. The predicted molar refractivity (Wildman–Crippen MR) is 80.5 cm³/mol. The predicted octanol–water partition coefficient (Wildman–Crippen LogP) is 3.10. The molecule has 1 rings (SSSR count). The molecule has 106 valence electrons. The fourth-order valence-electron chi connectivity index (χ4n) is 1.60. The molecule has 0 aliphatic rings. The second-order valence-corrected chi connectivity index (χ2v) is 4.24. The molecule has 0 saturated heterocycles. The molecule has 0 aromatic heterocycles. The average molecular weight is 272 g/mol. The highest BCUT2D eigenvalue weighted by Gasteiger charge is 1.94. The van der Waals surface area contributed by atoms with Crippen LogP contribution in [0.2, 0.25) is 0 Å². The van der Waals surface area contributed by atoms with E-state index in [4.69, 9.17) is 9.47 Å². The van der Waals surface area contributed by atoms with Crippen molar-refractivity contribution in [3.05, 3.63) is 35.4 Å². The standard InChI is InChI=1S/C17H20O3/c1-19-12-6-4-3-5-7-16(14-18)13-15-8-10-17(20-2)11-9-15/h8-11,13-14H,3-4,6,12H2,1-2H3/b16-13-. The van der Waals surface area contributed by atoms with Crippen molar-refractivity contribution in [2.45, 2.75) is 19.3 Å². The van der Waals surface area contributed by atoms with Crippen molar-refractivity contribution in [1.29, 1.82) is 0 Å². The monoisotopic (exact) mass is 272 g/mol. The molecule has 0 atom stereocenters. The number of rotatable bonds is 7. The first-order chi connectivity index (χ1) is 9.80. The van der Waals surface area contributed by atoms with E-state index in [2.05, 4.69) is 11.8 Å². The van der Waals surface area contributed by atoms with Gasteiger partial charge in [-0.05, 0) is 36.6 Å². The van der Waals surface area contributed by atoms with Gasteiger partial charge in [0.15, 0.2) is 6.29 Å². The van der Waals surface area contributed by atoms with E-state index < -0.39 is 0 Å². The van der Waals surface area contributed by atoms with Crippen LogP contribution in [0.4, 0.5) is 0 Å². The van der Waals surface area contributed by atoms with Crippen LogP contribution in [0.5, 0.6) is 5.75 Å². The molecule has 0 amide bonds. The molecule has 0 aliphatic carbocycles. The second-order valence-electron chi connectivity index (χ2n) is 4.24. The summed E-state index contributed by atoms with van der Waals surface area (Å²) in [5.74, 6) is 6.69. The zero-order chi connectivity index (χ0) is 14.6. The molecule has 0 saturated carbocycles. The maximum atomic E-state index is 11.0. The molecule has 0 N–H and O–H groups in total. The number of aldehydes is 1. The van der Waals surface area contributed by atoms with Gasteiger partial charge in [0, 0.05) is 20.1 Å². The Hall–Kier alpha value is -2.05. The lowest BCUT2D eigenvalue weighted by Gasteiger charge is -1.99. The summed E-state index contributed by atoms with van der Waals surface area (Å²) in [7, 11) is 3.31. The third-order valence-electron chi connectivity index (χ3n) is 2.70. The Kier molecular flexibility index (Phi) is 7.86. The third kappa shape index (κ3) is 6.21. The molecule has 20 heavy (non-hydrogen) atoms. The SMILES string of the molecule is COCCCCC#C/C(C=O)=C/c1ccc(OC)cc1. The summed E-state index contributed by atoms with van der Waals surface area (Å²) in [6.45, 7) is 0.754. The Morgan fingerprint density at radius 2 is 1.95 bits per heavy atom. The second kappa shape index (κ2) is 9.82. The van der Waals surface area contributed by atoms with E-state index >= 15 is 0 Å². The number of unbranched alkanes of at least 4 members (excludes halogenated alkanes) is 2. The minimum absolute atomic E-state index is 0.488. The summed E-state index contributed by atoms with van der Waals surface area (Å²) >= 11 is 0. The van der Waals surface area contributed by atoms with E-state index in [9.17, 15) is 4.79 Å². The highest BCUT2D eigenvalue weighted by atomic mass is 16.5. The van der Waals surface area contributed by atoms with Crippen molar-refractivity contribution >= 4 is 12.4 Å². The Balaban J connectivity index is 2.58. The van der Waals surface area contributed by atoms with Gasteiger partial charge in [-0.1, -0.05) is 24.0 Å². The first kappa shape index (κ1) is 16.0. The van der Waals surface area contributed by atoms with Crippen molar-refractivity contribution in [2.24, 2.45) is 0 Å². The van der Waals surface area contributed by atoms with Crippen molar-refractivity contribution in [3.63, 3.8) is 0 Å². The van der Waals surface area contributed by atoms with Gasteiger partial charge < -0.3 is 9.47 Å². The van der Waals surface area contributed by atoms with Gasteiger partial charge in [-0.25, -0.2) is 0 Å². The van der Waals surface area contributed by atoms with E-state index in [1.165, 1.54) is 0 Å². The topological polar surface area (TPSA) is 35.5 Å². The summed E-state index contributed by atoms with van der Waals surface area (Å²) in [5, 5.41) is 0. The van der Waals surface area contributed by atoms with Crippen LogP contribution in [-0.2, 0) is 9.53 Å². The van der Waals surface area contributed by atoms with E-state index in [0.29, 0.717) is 5.57 Å². The molecule has 0 spiro atoms. The molecule has 0 radical (unpaired) electrons. The Morgan fingerprint density at radius 3 is 2.55 bits per heavy atom. The van der Waals surface area contributed by atoms with Crippen LogP contribution in [0.1, 0.15) is 24.8 Å². The van der Waals surface area contributed by atoms with Gasteiger partial charge in [-0.15, -0.1) is 0 Å². The van der Waals surface area contributed by atoms with E-state index in [-0.39, 0.29) is 0 Å². The number of carbonyl (C=O) groups is 1. The molecule has 0 aliphatic heterocycles. The Bertz CT molecular complexity index is 489. The van der Waals surface area contributed by atoms with Gasteiger partial charge >= 0.3 is 0 Å². The largest absolute Gasteiger partial charge is 0.497 e. The average Bonchev–Trinajstić information content (AvgIpc) is 2.50. The number of methoxy groups -OCH3 is 2. The third-order valence-corrected chi connectivity index (χ3v) is 2.70. The highest BCUT2D eigenvalue weighted by molar-refractivity contribution is 5.87. The van der Waals surface area contributed by atoms with Gasteiger partial charge in [-0.3, -0.25) is 4.79 Å². The van der Waals surface area contributed by atoms with Crippen LogP contribution >= 0.6 is 0 Å². The van der Waals surface area contributed by atoms with Gasteiger partial charge in [0.25, 0.3) is 0 Å². The minimum Gasteiger partial charge on any atom is -0.497 e. The lowest BCUT2D eigenvalue weighted by atomic mass is 10.1. The van der Waals surface area contributed by atoms with E-state index in [1.807, 2.05) is 24.3 Å². The van der Waals surface area contributed by atoms with Gasteiger partial charge in [0.2, 0.25) is 0 Å². The van der Waals surface area contributed by atoms with Gasteiger partial charge in [-0.2, -0.15) is 0 Å². The summed E-state index contributed by atoms with van der Waals surface area (Å²) < 4.78 is 10.0. The number of ether oxygens (including phenoxy) is 2. The Morgan fingerprint density at radius 1 is 1.20 bits per heavy atom. The summed E-state index contributed by atoms with van der Waals surface area (Å²) in [5.41, 5.74) is 1.42. The summed E-state index contributed by atoms with van der Waals surface area (Å²) in [6, 6.07) is 7.49. The maximum Gasteiger partial charge on any atom is 0.158 e. The van der Waals surface area contributed by atoms with Crippen molar-refractivity contribution in [1.82, 2.24) is 0 Å². The maximum absolute atomic E-state index is 11.0. The fraction of sp³-hybridized carbons (Fsp3) is 0.353. The lowest BCUT2D eigenvalue weighted by Crippen LogP contribution is -1.87. The number of carbonyl (C=O) groups excluding carboxylic acids is 1. The van der Waals surface area contributed by atoms with Crippen LogP contribution in [0.15, 0.2) is 29.8 Å². The fourth-order valence-corrected chi connectivity index (χ4v) is 1.60. The molecule has 0 unspecified atom stereocenters. The molecular weight excluding hydrogens is 252 g/mol. The van der Waals surface area contributed by atoms with Gasteiger partial charge in [0.05, 0.1) is 12.7 Å². The van der Waals surface area contributed by atoms with Crippen LogP contribution < -0.4 is 4.74 Å². The molecule has 0 fully saturated rings. The minimum atomic E-state index is 0.488. The van der Waals surface area contributed by atoms with Crippen molar-refractivity contribution in [3.8, 4) is 17.6 Å². The number of allylic oxidation sites excluding steroid dienone is 1. The summed E-state index contributed by atoms with van der Waals surface area (Å²) in [4.78, 5) is 11.0. The van der Waals surface area contributed by atoms with Crippen LogP contribution in [0.25, 0.3) is 6.08 Å². The normalized spacial score (nSPS) is 10.6. The highest BCUT2D eigenvalue weighted by Crippen LogP contribution is 2.13. The zero-order valence-electron chi connectivity index (χ0n) is 12.0. The molecule has 3 heteroatoms. The Labute approximate surface area is 120 Å². The lowest BCUT2D eigenvalue weighted by molar-refractivity contribution is -0.104. The van der Waals surface area contributed by atoms with Gasteiger partial charge in [0.1, 0.15) is 5.75 Å². The van der Waals surface area contributed by atoms with Crippen LogP contribution in [-0.4, -0.2) is 27.1 Å². The van der Waals surface area contributed by atoms with E-state index in [1.54, 1.807) is 20.3 Å².